The summed E-state index contributed by atoms with van der Waals surface area (Å²) in [4.78, 5) is 26.0. The molecule has 0 saturated carbocycles. The fraction of sp³-hybridized carbons (Fsp3) is 0.300. The van der Waals surface area contributed by atoms with Crippen LogP contribution in [0.3, 0.4) is 0 Å². The Morgan fingerprint density at radius 1 is 1.12 bits per heavy atom. The second-order valence-corrected chi connectivity index (χ2v) is 6.44. The number of benzene rings is 2. The van der Waals surface area contributed by atoms with Gasteiger partial charge in [0.05, 0.1) is 0 Å². The van der Waals surface area contributed by atoms with Gasteiger partial charge in [0.1, 0.15) is 0 Å². The monoisotopic (exact) mass is 337 g/mol. The van der Waals surface area contributed by atoms with Crippen LogP contribution < -0.4 is 10.6 Å². The van der Waals surface area contributed by atoms with Gasteiger partial charge in [-0.15, -0.1) is 0 Å². The first-order chi connectivity index (χ1) is 12.1. The molecule has 0 bridgehead atoms. The number of rotatable bonds is 5. The van der Waals surface area contributed by atoms with Gasteiger partial charge >= 0.3 is 0 Å². The molecule has 0 radical (unpaired) electrons. The van der Waals surface area contributed by atoms with Gasteiger partial charge < -0.3 is 10.6 Å². The average molecular weight is 337 g/mol. The number of likely N-dealkylation sites (tertiary alicyclic amines) is 1. The van der Waals surface area contributed by atoms with E-state index >= 15 is 0 Å². The molecule has 2 aromatic rings. The molecule has 2 aromatic carbocycles. The van der Waals surface area contributed by atoms with Crippen molar-refractivity contribution in [2.75, 3.05) is 18.4 Å². The van der Waals surface area contributed by atoms with Crippen molar-refractivity contribution in [2.45, 2.75) is 25.9 Å². The van der Waals surface area contributed by atoms with Crippen LogP contribution in [0.25, 0.3) is 0 Å². The van der Waals surface area contributed by atoms with Crippen LogP contribution in [-0.2, 0) is 11.3 Å². The molecule has 5 heteroatoms. The van der Waals surface area contributed by atoms with E-state index in [0.29, 0.717) is 11.3 Å². The smallest absolute Gasteiger partial charge is 0.251 e. The van der Waals surface area contributed by atoms with Gasteiger partial charge in [-0.25, -0.2) is 0 Å². The minimum absolute atomic E-state index is 0.0984. The van der Waals surface area contributed by atoms with Crippen LogP contribution in [-0.4, -0.2) is 35.8 Å². The normalized spacial score (nSPS) is 17.2. The molecule has 1 aliphatic rings. The Morgan fingerprint density at radius 3 is 2.68 bits per heavy atom. The number of anilines is 1. The van der Waals surface area contributed by atoms with E-state index in [1.807, 2.05) is 18.2 Å². The Bertz CT molecular complexity index is 746. The molecule has 5 nitrogen and oxygen atoms in total. The van der Waals surface area contributed by atoms with Crippen LogP contribution in [0.15, 0.2) is 54.6 Å². The highest BCUT2D eigenvalue weighted by molar-refractivity contribution is 5.96. The third-order valence-corrected chi connectivity index (χ3v) is 4.30. The fourth-order valence-electron chi connectivity index (χ4n) is 3.15. The highest BCUT2D eigenvalue weighted by atomic mass is 16.2. The predicted octanol–water partition coefficient (Wildman–Crippen LogP) is 2.65. The van der Waals surface area contributed by atoms with Crippen molar-refractivity contribution in [3.8, 4) is 0 Å². The third kappa shape index (κ3) is 4.90. The Labute approximate surface area is 148 Å². The van der Waals surface area contributed by atoms with Crippen molar-refractivity contribution in [2.24, 2.45) is 0 Å². The number of nitrogens with one attached hydrogen (secondary N) is 2. The van der Waals surface area contributed by atoms with Crippen LogP contribution in [0.2, 0.25) is 0 Å². The van der Waals surface area contributed by atoms with E-state index in [1.54, 1.807) is 24.3 Å². The number of nitrogens with zero attached hydrogens (tertiary/aromatic N) is 1. The van der Waals surface area contributed by atoms with E-state index in [2.05, 4.69) is 27.7 Å². The quantitative estimate of drug-likeness (QED) is 0.882. The zero-order valence-corrected chi connectivity index (χ0v) is 14.4. The van der Waals surface area contributed by atoms with Crippen molar-refractivity contribution in [1.82, 2.24) is 10.2 Å². The molecule has 0 aromatic heterocycles. The summed E-state index contributed by atoms with van der Waals surface area (Å²) < 4.78 is 0. The van der Waals surface area contributed by atoms with E-state index in [9.17, 15) is 9.59 Å². The number of hydrogen-bond acceptors (Lipinski definition) is 3. The third-order valence-electron chi connectivity index (χ3n) is 4.30. The molecule has 0 spiro atoms. The van der Waals surface area contributed by atoms with Gasteiger partial charge in [0, 0.05) is 43.9 Å². The predicted molar refractivity (Wildman–Crippen MR) is 98.3 cm³/mol. The van der Waals surface area contributed by atoms with Crippen molar-refractivity contribution in [3.05, 3.63) is 65.7 Å². The zero-order chi connectivity index (χ0) is 17.6. The molecule has 1 aliphatic heterocycles. The van der Waals surface area contributed by atoms with Crippen LogP contribution in [0.4, 0.5) is 5.69 Å². The summed E-state index contributed by atoms with van der Waals surface area (Å²) in [5.74, 6) is -0.247. The highest BCUT2D eigenvalue weighted by Gasteiger charge is 2.24. The molecule has 2 amide bonds. The molecule has 3 rings (SSSR count). The first-order valence-corrected chi connectivity index (χ1v) is 8.55. The standard InChI is InChI=1S/C20H23N3O2/c1-15(24)21-18-9-5-8-17(12-18)20(25)22-19-10-11-23(14-19)13-16-6-3-2-4-7-16/h2-9,12,19H,10-11,13-14H2,1H3,(H,21,24)(H,22,25). The minimum atomic E-state index is -0.148. The number of carbonyl (C=O) groups excluding carboxylic acids is 2. The lowest BCUT2D eigenvalue weighted by Crippen LogP contribution is -2.37. The summed E-state index contributed by atoms with van der Waals surface area (Å²) >= 11 is 0. The molecular formula is C20H23N3O2. The topological polar surface area (TPSA) is 61.4 Å². The van der Waals surface area contributed by atoms with Crippen molar-refractivity contribution in [3.63, 3.8) is 0 Å². The van der Waals surface area contributed by atoms with Gasteiger partial charge in [-0.1, -0.05) is 36.4 Å². The van der Waals surface area contributed by atoms with E-state index in [-0.39, 0.29) is 17.9 Å². The van der Waals surface area contributed by atoms with E-state index in [4.69, 9.17) is 0 Å². The lowest BCUT2D eigenvalue weighted by Gasteiger charge is -2.17. The van der Waals surface area contributed by atoms with Crippen LogP contribution in [0, 0.1) is 0 Å². The highest BCUT2D eigenvalue weighted by Crippen LogP contribution is 2.15. The summed E-state index contributed by atoms with van der Waals surface area (Å²) in [5, 5.41) is 5.80. The summed E-state index contributed by atoms with van der Waals surface area (Å²) in [6.45, 7) is 4.19. The van der Waals surface area contributed by atoms with E-state index in [1.165, 1.54) is 12.5 Å². The van der Waals surface area contributed by atoms with Crippen LogP contribution in [0.1, 0.15) is 29.3 Å². The second kappa shape index (κ2) is 7.94. The number of amides is 2. The van der Waals surface area contributed by atoms with Gasteiger partial charge in [-0.2, -0.15) is 0 Å². The molecule has 2 N–H and O–H groups in total. The van der Waals surface area contributed by atoms with Crippen LogP contribution in [0.5, 0.6) is 0 Å². The van der Waals surface area contributed by atoms with Gasteiger partial charge in [0.15, 0.2) is 0 Å². The molecule has 130 valence electrons. The summed E-state index contributed by atoms with van der Waals surface area (Å²) in [5.41, 5.74) is 2.49. The maximum atomic E-state index is 12.5. The summed E-state index contributed by atoms with van der Waals surface area (Å²) in [7, 11) is 0. The zero-order valence-electron chi connectivity index (χ0n) is 14.4. The molecule has 1 atom stereocenters. The van der Waals surface area contributed by atoms with Gasteiger partial charge in [-0.3, -0.25) is 14.5 Å². The molecular weight excluding hydrogens is 314 g/mol. The Morgan fingerprint density at radius 2 is 1.92 bits per heavy atom. The molecule has 1 fully saturated rings. The fourth-order valence-corrected chi connectivity index (χ4v) is 3.15. The SMILES string of the molecule is CC(=O)Nc1cccc(C(=O)NC2CCN(Cc3ccccc3)C2)c1. The van der Waals surface area contributed by atoms with Crippen LogP contribution >= 0.6 is 0 Å². The van der Waals surface area contributed by atoms with Crippen molar-refractivity contribution >= 4 is 17.5 Å². The molecule has 25 heavy (non-hydrogen) atoms. The largest absolute Gasteiger partial charge is 0.348 e. The number of carbonyl (C=O) groups is 2. The van der Waals surface area contributed by atoms with Gasteiger partial charge in [-0.05, 0) is 30.2 Å². The van der Waals surface area contributed by atoms with E-state index in [0.717, 1.165) is 26.1 Å². The van der Waals surface area contributed by atoms with Crippen molar-refractivity contribution < 1.29 is 9.59 Å². The lowest BCUT2D eigenvalue weighted by atomic mass is 10.1. The van der Waals surface area contributed by atoms with Crippen molar-refractivity contribution in [1.29, 1.82) is 0 Å². The van der Waals surface area contributed by atoms with Gasteiger partial charge in [0.2, 0.25) is 5.91 Å². The minimum Gasteiger partial charge on any atom is -0.348 e. The first-order valence-electron chi connectivity index (χ1n) is 8.55. The maximum Gasteiger partial charge on any atom is 0.251 e. The second-order valence-electron chi connectivity index (χ2n) is 6.44. The molecule has 1 saturated heterocycles. The van der Waals surface area contributed by atoms with E-state index < -0.39 is 0 Å². The molecule has 1 unspecified atom stereocenters. The summed E-state index contributed by atoms with van der Waals surface area (Å²) in [6, 6.07) is 17.5. The molecule has 1 heterocycles. The average Bonchev–Trinajstić information content (AvgIpc) is 3.02. The Balaban J connectivity index is 1.54. The maximum absolute atomic E-state index is 12.5. The Hall–Kier alpha value is -2.66. The lowest BCUT2D eigenvalue weighted by molar-refractivity contribution is -0.114. The number of hydrogen-bond donors (Lipinski definition) is 2. The first kappa shape index (κ1) is 17.2. The molecule has 0 aliphatic carbocycles. The van der Waals surface area contributed by atoms with Gasteiger partial charge in [0.25, 0.3) is 5.91 Å². The Kier molecular flexibility index (Phi) is 5.46. The summed E-state index contributed by atoms with van der Waals surface area (Å²) in [6.07, 6.45) is 0.948.